The van der Waals surface area contributed by atoms with Gasteiger partial charge in [-0.15, -0.1) is 12.4 Å². The lowest BCUT2D eigenvalue weighted by molar-refractivity contribution is -0.141. The van der Waals surface area contributed by atoms with Crippen LogP contribution in [0.15, 0.2) is 6.20 Å². The van der Waals surface area contributed by atoms with Crippen molar-refractivity contribution in [3.63, 3.8) is 0 Å². The SMILES string of the molecule is Cl.Fc1ncc(C(F)(F)F)nc1N1CCC2(CCNCC2)C1. The smallest absolute Gasteiger partial charge is 0.352 e. The minimum atomic E-state index is -4.61. The number of anilines is 1. The van der Waals surface area contributed by atoms with Crippen molar-refractivity contribution in [2.24, 2.45) is 5.41 Å². The zero-order chi connectivity index (χ0) is 15.1. The fraction of sp³-hybridized carbons (Fsp3) is 0.692. The van der Waals surface area contributed by atoms with Crippen molar-refractivity contribution in [2.75, 3.05) is 31.1 Å². The van der Waals surface area contributed by atoms with Crippen LogP contribution in [0.2, 0.25) is 0 Å². The van der Waals surface area contributed by atoms with Gasteiger partial charge in [-0.25, -0.2) is 9.97 Å². The zero-order valence-corrected chi connectivity index (χ0v) is 12.6. The Hall–Kier alpha value is -1.15. The van der Waals surface area contributed by atoms with Gasteiger partial charge in [0.1, 0.15) is 0 Å². The van der Waals surface area contributed by atoms with Gasteiger partial charge >= 0.3 is 6.18 Å². The third kappa shape index (κ3) is 3.27. The number of aromatic nitrogens is 2. The summed E-state index contributed by atoms with van der Waals surface area (Å²) in [5.41, 5.74) is -1.08. The molecule has 124 valence electrons. The number of rotatable bonds is 1. The van der Waals surface area contributed by atoms with Gasteiger partial charge in [0.2, 0.25) is 0 Å². The van der Waals surface area contributed by atoms with E-state index in [-0.39, 0.29) is 23.6 Å². The lowest BCUT2D eigenvalue weighted by Gasteiger charge is -2.33. The van der Waals surface area contributed by atoms with E-state index in [9.17, 15) is 17.6 Å². The van der Waals surface area contributed by atoms with Crippen LogP contribution in [-0.2, 0) is 6.18 Å². The van der Waals surface area contributed by atoms with Crippen molar-refractivity contribution in [3.8, 4) is 0 Å². The largest absolute Gasteiger partial charge is 0.434 e. The number of hydrogen-bond acceptors (Lipinski definition) is 4. The van der Waals surface area contributed by atoms with Crippen molar-refractivity contribution >= 4 is 18.2 Å². The van der Waals surface area contributed by atoms with Gasteiger partial charge in [-0.3, -0.25) is 0 Å². The van der Waals surface area contributed by atoms with Gasteiger partial charge in [0.25, 0.3) is 5.95 Å². The van der Waals surface area contributed by atoms with Crippen LogP contribution in [0.25, 0.3) is 0 Å². The Labute approximate surface area is 131 Å². The highest BCUT2D eigenvalue weighted by Gasteiger charge is 2.41. The number of halogens is 5. The highest BCUT2D eigenvalue weighted by atomic mass is 35.5. The zero-order valence-electron chi connectivity index (χ0n) is 11.8. The molecular formula is C13H17ClF4N4. The van der Waals surface area contributed by atoms with Crippen LogP contribution >= 0.6 is 12.4 Å². The summed E-state index contributed by atoms with van der Waals surface area (Å²) in [6, 6.07) is 0. The van der Waals surface area contributed by atoms with E-state index in [1.165, 1.54) is 0 Å². The molecule has 3 rings (SSSR count). The number of hydrogen-bond donors (Lipinski definition) is 1. The number of nitrogens with one attached hydrogen (secondary N) is 1. The molecule has 4 nitrogen and oxygen atoms in total. The van der Waals surface area contributed by atoms with Crippen LogP contribution in [0.1, 0.15) is 25.0 Å². The first-order valence-corrected chi connectivity index (χ1v) is 6.95. The summed E-state index contributed by atoms with van der Waals surface area (Å²) in [6.45, 7) is 2.85. The van der Waals surface area contributed by atoms with Gasteiger partial charge in [-0.2, -0.15) is 17.6 Å². The molecule has 1 aromatic rings. The Kier molecular flexibility index (Phi) is 4.81. The molecule has 0 aliphatic carbocycles. The predicted molar refractivity (Wildman–Crippen MR) is 75.6 cm³/mol. The molecule has 9 heteroatoms. The molecule has 2 aliphatic rings. The molecule has 0 radical (unpaired) electrons. The molecule has 22 heavy (non-hydrogen) atoms. The number of alkyl halides is 3. The molecule has 1 spiro atoms. The standard InChI is InChI=1S/C13H16F4N4.ClH/c14-10-11(20-9(7-19-10)13(15,16)17)21-6-3-12(8-21)1-4-18-5-2-12;/h7,18H,1-6,8H2;1H. The molecule has 0 aromatic carbocycles. The third-order valence-electron chi connectivity index (χ3n) is 4.40. The van der Waals surface area contributed by atoms with Gasteiger partial charge in [0.05, 0.1) is 6.20 Å². The van der Waals surface area contributed by atoms with Crippen molar-refractivity contribution < 1.29 is 17.6 Å². The van der Waals surface area contributed by atoms with Crippen molar-refractivity contribution in [3.05, 3.63) is 17.8 Å². The summed E-state index contributed by atoms with van der Waals surface area (Å²) in [5, 5.41) is 3.26. The van der Waals surface area contributed by atoms with E-state index in [2.05, 4.69) is 15.3 Å². The van der Waals surface area contributed by atoms with Crippen LogP contribution in [-0.4, -0.2) is 36.1 Å². The molecule has 0 saturated carbocycles. The van der Waals surface area contributed by atoms with E-state index in [4.69, 9.17) is 0 Å². The molecule has 0 bridgehead atoms. The molecule has 1 aromatic heterocycles. The van der Waals surface area contributed by atoms with Crippen molar-refractivity contribution in [1.29, 1.82) is 0 Å². The number of piperidine rings is 1. The molecule has 0 atom stereocenters. The van der Waals surface area contributed by atoms with Gasteiger partial charge < -0.3 is 10.2 Å². The van der Waals surface area contributed by atoms with Crippen molar-refractivity contribution in [1.82, 2.24) is 15.3 Å². The van der Waals surface area contributed by atoms with Gasteiger partial charge in [0.15, 0.2) is 11.5 Å². The summed E-state index contributed by atoms with van der Waals surface area (Å²) < 4.78 is 51.8. The topological polar surface area (TPSA) is 41.1 Å². The monoisotopic (exact) mass is 340 g/mol. The van der Waals surface area contributed by atoms with E-state index in [1.807, 2.05) is 0 Å². The molecule has 1 N–H and O–H groups in total. The minimum Gasteiger partial charge on any atom is -0.352 e. The average molecular weight is 341 g/mol. The first kappa shape index (κ1) is 17.2. The molecular weight excluding hydrogens is 324 g/mol. The first-order valence-electron chi connectivity index (χ1n) is 6.95. The Morgan fingerprint density at radius 1 is 1.18 bits per heavy atom. The van der Waals surface area contributed by atoms with Crippen LogP contribution in [0.3, 0.4) is 0 Å². The molecule has 2 saturated heterocycles. The quantitative estimate of drug-likeness (QED) is 0.798. The fourth-order valence-electron chi connectivity index (χ4n) is 3.18. The lowest BCUT2D eigenvalue weighted by Crippen LogP contribution is -2.39. The predicted octanol–water partition coefficient (Wildman–Crippen LogP) is 2.64. The Balaban J connectivity index is 0.00000176. The normalized spacial score (nSPS) is 21.0. The maximum Gasteiger partial charge on any atom is 0.434 e. The van der Waals surface area contributed by atoms with Crippen LogP contribution in [0, 0.1) is 11.4 Å². The van der Waals surface area contributed by atoms with E-state index in [0.717, 1.165) is 32.4 Å². The summed E-state index contributed by atoms with van der Waals surface area (Å²) >= 11 is 0. The molecule has 3 heterocycles. The fourth-order valence-corrected chi connectivity index (χ4v) is 3.18. The summed E-state index contributed by atoms with van der Waals surface area (Å²) in [7, 11) is 0. The van der Waals surface area contributed by atoms with E-state index < -0.39 is 17.8 Å². The summed E-state index contributed by atoms with van der Waals surface area (Å²) in [4.78, 5) is 8.27. The Bertz CT molecular complexity index is 531. The molecule has 2 aliphatic heterocycles. The molecule has 0 unspecified atom stereocenters. The van der Waals surface area contributed by atoms with E-state index in [0.29, 0.717) is 19.3 Å². The molecule has 2 fully saturated rings. The maximum atomic E-state index is 13.8. The van der Waals surface area contributed by atoms with Gasteiger partial charge in [0, 0.05) is 13.1 Å². The summed E-state index contributed by atoms with van der Waals surface area (Å²) in [5.74, 6) is -1.21. The minimum absolute atomic E-state index is 0. The van der Waals surface area contributed by atoms with Crippen LogP contribution in [0.4, 0.5) is 23.4 Å². The second-order valence-electron chi connectivity index (χ2n) is 5.79. The first-order chi connectivity index (χ1) is 9.90. The lowest BCUT2D eigenvalue weighted by atomic mass is 9.78. The highest BCUT2D eigenvalue weighted by Crippen LogP contribution is 2.40. The van der Waals surface area contributed by atoms with E-state index >= 15 is 0 Å². The number of nitrogens with zero attached hydrogens (tertiary/aromatic N) is 3. The highest BCUT2D eigenvalue weighted by molar-refractivity contribution is 5.85. The summed E-state index contributed by atoms with van der Waals surface area (Å²) in [6.07, 6.45) is -1.40. The van der Waals surface area contributed by atoms with Gasteiger partial charge in [-0.05, 0) is 37.8 Å². The molecule has 0 amide bonds. The Morgan fingerprint density at radius 2 is 1.86 bits per heavy atom. The van der Waals surface area contributed by atoms with Gasteiger partial charge in [-0.1, -0.05) is 0 Å². The second kappa shape index (κ2) is 6.16. The van der Waals surface area contributed by atoms with Crippen LogP contribution < -0.4 is 10.2 Å². The van der Waals surface area contributed by atoms with Crippen molar-refractivity contribution in [2.45, 2.75) is 25.4 Å². The van der Waals surface area contributed by atoms with E-state index in [1.54, 1.807) is 4.90 Å². The third-order valence-corrected chi connectivity index (χ3v) is 4.40. The Morgan fingerprint density at radius 3 is 2.50 bits per heavy atom. The maximum absolute atomic E-state index is 13.8. The average Bonchev–Trinajstić information content (AvgIpc) is 2.82. The second-order valence-corrected chi connectivity index (χ2v) is 5.79. The van der Waals surface area contributed by atoms with Crippen LogP contribution in [0.5, 0.6) is 0 Å².